The summed E-state index contributed by atoms with van der Waals surface area (Å²) in [5, 5.41) is 22.1. The Kier molecular flexibility index (Phi) is 5.70. The minimum Gasteiger partial charge on any atom is -0.377 e. The van der Waals surface area contributed by atoms with Gasteiger partial charge in [-0.2, -0.15) is 10.1 Å². The van der Waals surface area contributed by atoms with Gasteiger partial charge < -0.3 is 19.3 Å². The van der Waals surface area contributed by atoms with Gasteiger partial charge in [-0.1, -0.05) is 11.2 Å². The Morgan fingerprint density at radius 1 is 1.14 bits per heavy atom. The fraction of sp³-hybridized carbons (Fsp3) is 0.318. The van der Waals surface area contributed by atoms with E-state index in [4.69, 9.17) is 9.26 Å². The van der Waals surface area contributed by atoms with Crippen LogP contribution in [0.15, 0.2) is 41.1 Å². The minimum absolute atomic E-state index is 0.0964. The van der Waals surface area contributed by atoms with Gasteiger partial charge in [0, 0.05) is 46.4 Å². The molecule has 1 aliphatic heterocycles. The van der Waals surface area contributed by atoms with Gasteiger partial charge in [-0.25, -0.2) is 19.6 Å². The highest BCUT2D eigenvalue weighted by Gasteiger charge is 2.48. The maximum Gasteiger partial charge on any atom is 0.262 e. The third-order valence-electron chi connectivity index (χ3n) is 5.66. The molecule has 1 saturated heterocycles. The summed E-state index contributed by atoms with van der Waals surface area (Å²) < 4.78 is 12.0. The number of anilines is 2. The van der Waals surface area contributed by atoms with Gasteiger partial charge in [0.25, 0.3) is 5.91 Å². The van der Waals surface area contributed by atoms with Crippen LogP contribution >= 0.6 is 0 Å². The largest absolute Gasteiger partial charge is 0.377 e. The molecule has 5 heterocycles. The third kappa shape index (κ3) is 4.22. The minimum atomic E-state index is -1.71. The highest BCUT2D eigenvalue weighted by Crippen LogP contribution is 2.34. The number of nitrogens with zero attached hydrogens (tertiary/aromatic N) is 8. The van der Waals surface area contributed by atoms with E-state index in [-0.39, 0.29) is 12.2 Å². The standard InChI is InChI=1S/C22H23N9O4/c1-30-10-8-22(33,19(30)32)17-11-16(29-35-17)14-6-4-5-13(24-14)15-7-9-23-20(25-15)27-21-26-18(12-34-3)28-31(21)2/h4-7,9,11,33H,8,10,12H2,1-3H3,(H,23,25,26,27,28)/t22-/m1/s1. The Balaban J connectivity index is 1.39. The Bertz CT molecular complexity index is 1380. The second-order valence-electron chi connectivity index (χ2n) is 8.12. The van der Waals surface area contributed by atoms with Crippen LogP contribution in [0.4, 0.5) is 11.9 Å². The lowest BCUT2D eigenvalue weighted by atomic mass is 9.98. The van der Waals surface area contributed by atoms with Crippen molar-refractivity contribution in [2.24, 2.45) is 7.05 Å². The van der Waals surface area contributed by atoms with Gasteiger partial charge in [-0.05, 0) is 18.2 Å². The van der Waals surface area contributed by atoms with Gasteiger partial charge in [0.1, 0.15) is 12.3 Å². The number of hydrogen-bond donors (Lipinski definition) is 2. The summed E-state index contributed by atoms with van der Waals surface area (Å²) in [6.07, 6.45) is 1.84. The molecule has 0 spiro atoms. The van der Waals surface area contributed by atoms with Gasteiger partial charge in [0.15, 0.2) is 11.6 Å². The van der Waals surface area contributed by atoms with Crippen molar-refractivity contribution < 1.29 is 19.2 Å². The first-order valence-corrected chi connectivity index (χ1v) is 10.8. The fourth-order valence-corrected chi connectivity index (χ4v) is 3.79. The smallest absolute Gasteiger partial charge is 0.262 e. The van der Waals surface area contributed by atoms with E-state index >= 15 is 0 Å². The molecule has 5 rings (SSSR count). The molecular formula is C22H23N9O4. The quantitative estimate of drug-likeness (QED) is 0.395. The number of rotatable bonds is 7. The first-order chi connectivity index (χ1) is 16.9. The molecule has 13 nitrogen and oxygen atoms in total. The molecule has 1 aliphatic rings. The summed E-state index contributed by atoms with van der Waals surface area (Å²) in [4.78, 5) is 31.6. The van der Waals surface area contributed by atoms with Crippen molar-refractivity contribution >= 4 is 17.8 Å². The number of carbonyl (C=O) groups is 1. The number of ether oxygens (including phenoxy) is 1. The molecule has 180 valence electrons. The zero-order valence-electron chi connectivity index (χ0n) is 19.3. The number of methoxy groups -OCH3 is 1. The summed E-state index contributed by atoms with van der Waals surface area (Å²) in [7, 11) is 4.96. The summed E-state index contributed by atoms with van der Waals surface area (Å²) in [6, 6.07) is 8.65. The first kappa shape index (κ1) is 22.6. The highest BCUT2D eigenvalue weighted by atomic mass is 16.5. The maximum atomic E-state index is 12.4. The number of likely N-dealkylation sites (N-methyl/N-ethyl adjacent to an activating group) is 1. The number of likely N-dealkylation sites (tertiary alicyclic amines) is 1. The molecule has 0 bridgehead atoms. The molecule has 4 aromatic rings. The van der Waals surface area contributed by atoms with Crippen LogP contribution in [0.2, 0.25) is 0 Å². The average molecular weight is 477 g/mol. The molecule has 4 aromatic heterocycles. The summed E-state index contributed by atoms with van der Waals surface area (Å²) in [6.45, 7) is 0.727. The molecule has 0 saturated carbocycles. The first-order valence-electron chi connectivity index (χ1n) is 10.8. The van der Waals surface area contributed by atoms with Crippen molar-refractivity contribution in [3.8, 4) is 22.8 Å². The lowest BCUT2D eigenvalue weighted by Crippen LogP contribution is -2.35. The van der Waals surface area contributed by atoms with E-state index in [9.17, 15) is 9.90 Å². The van der Waals surface area contributed by atoms with Crippen LogP contribution in [-0.4, -0.2) is 71.5 Å². The topological polar surface area (TPSA) is 157 Å². The second kappa shape index (κ2) is 8.85. The molecule has 2 N–H and O–H groups in total. The van der Waals surface area contributed by atoms with Crippen LogP contribution in [0.3, 0.4) is 0 Å². The van der Waals surface area contributed by atoms with Crippen LogP contribution in [0, 0.1) is 0 Å². The maximum absolute atomic E-state index is 12.4. The van der Waals surface area contributed by atoms with Crippen molar-refractivity contribution in [2.75, 3.05) is 26.0 Å². The number of amides is 1. The number of aryl methyl sites for hydroxylation is 1. The van der Waals surface area contributed by atoms with Crippen LogP contribution in [0.1, 0.15) is 18.0 Å². The van der Waals surface area contributed by atoms with Gasteiger partial charge in [-0.15, -0.1) is 0 Å². The third-order valence-corrected chi connectivity index (χ3v) is 5.66. The SMILES string of the molecule is COCc1nc(Nc2nccc(-c3cccc(-c4cc([C@]5(O)CCN(C)C5=O)on4)n3)n2)n(C)n1. The summed E-state index contributed by atoms with van der Waals surface area (Å²) in [5.74, 6) is 1.00. The molecular weight excluding hydrogens is 454 g/mol. The predicted molar refractivity (Wildman–Crippen MR) is 122 cm³/mol. The van der Waals surface area contributed by atoms with Crippen LogP contribution in [0.5, 0.6) is 0 Å². The normalized spacial score (nSPS) is 17.8. The molecule has 0 aliphatic carbocycles. The van der Waals surface area contributed by atoms with E-state index in [1.807, 2.05) is 6.07 Å². The summed E-state index contributed by atoms with van der Waals surface area (Å²) >= 11 is 0. The van der Waals surface area contributed by atoms with Crippen molar-refractivity contribution in [2.45, 2.75) is 18.6 Å². The van der Waals surface area contributed by atoms with Crippen molar-refractivity contribution in [1.82, 2.24) is 39.8 Å². The van der Waals surface area contributed by atoms with Crippen molar-refractivity contribution in [3.05, 3.63) is 48.1 Å². The van der Waals surface area contributed by atoms with Gasteiger partial charge >= 0.3 is 0 Å². The van der Waals surface area contributed by atoms with Gasteiger partial charge in [0.2, 0.25) is 17.5 Å². The molecule has 35 heavy (non-hydrogen) atoms. The van der Waals surface area contributed by atoms with E-state index in [0.29, 0.717) is 53.6 Å². The Morgan fingerprint density at radius 3 is 2.66 bits per heavy atom. The Morgan fingerprint density at radius 2 is 1.91 bits per heavy atom. The van der Waals surface area contributed by atoms with Crippen LogP contribution in [-0.2, 0) is 28.8 Å². The molecule has 1 amide bonds. The molecule has 1 atom stereocenters. The second-order valence-corrected chi connectivity index (χ2v) is 8.12. The van der Waals surface area contributed by atoms with Crippen LogP contribution in [0.25, 0.3) is 22.8 Å². The number of nitrogens with one attached hydrogen (secondary N) is 1. The zero-order valence-corrected chi connectivity index (χ0v) is 19.3. The molecule has 13 heteroatoms. The molecule has 1 fully saturated rings. The zero-order chi connectivity index (χ0) is 24.6. The number of aliphatic hydroxyl groups is 1. The molecule has 0 aromatic carbocycles. The van der Waals surface area contributed by atoms with E-state index in [2.05, 4.69) is 35.5 Å². The molecule has 0 unspecified atom stereocenters. The number of pyridine rings is 1. The lowest BCUT2D eigenvalue weighted by molar-refractivity contribution is -0.144. The van der Waals surface area contributed by atoms with E-state index in [0.717, 1.165) is 0 Å². The Hall–Kier alpha value is -4.23. The number of carbonyl (C=O) groups excluding carboxylic acids is 1. The van der Waals surface area contributed by atoms with E-state index in [1.54, 1.807) is 56.3 Å². The number of hydrogen-bond acceptors (Lipinski definition) is 11. The van der Waals surface area contributed by atoms with E-state index < -0.39 is 11.5 Å². The predicted octanol–water partition coefficient (Wildman–Crippen LogP) is 1.26. The number of aromatic nitrogens is 7. The fourth-order valence-electron chi connectivity index (χ4n) is 3.79. The van der Waals surface area contributed by atoms with Crippen LogP contribution < -0.4 is 5.32 Å². The lowest BCUT2D eigenvalue weighted by Gasteiger charge is -2.16. The highest BCUT2D eigenvalue weighted by molar-refractivity contribution is 5.87. The van der Waals surface area contributed by atoms with E-state index in [1.165, 1.54) is 4.90 Å². The monoisotopic (exact) mass is 477 g/mol. The average Bonchev–Trinajstić information content (AvgIpc) is 3.56. The summed E-state index contributed by atoms with van der Waals surface area (Å²) in [5.41, 5.74) is 0.332. The van der Waals surface area contributed by atoms with Crippen molar-refractivity contribution in [1.29, 1.82) is 0 Å². The van der Waals surface area contributed by atoms with Gasteiger partial charge in [-0.3, -0.25) is 10.1 Å². The van der Waals surface area contributed by atoms with Gasteiger partial charge in [0.05, 0.1) is 17.1 Å². The molecule has 0 radical (unpaired) electrons. The van der Waals surface area contributed by atoms with Crippen molar-refractivity contribution in [3.63, 3.8) is 0 Å². The Labute approximate surface area is 199 Å².